The monoisotopic (exact) mass is 1480 g/mol. The van der Waals surface area contributed by atoms with Gasteiger partial charge in [-0.15, -0.1) is 0 Å². The van der Waals surface area contributed by atoms with Crippen molar-refractivity contribution >= 4 is 109 Å². The lowest BCUT2D eigenvalue weighted by atomic mass is 9.87. The molecule has 6 heterocycles. The normalized spacial score (nSPS) is 12.9. The fraction of sp³-hybridized carbons (Fsp3) is 0.220. The van der Waals surface area contributed by atoms with E-state index in [1.165, 1.54) is 22.3 Å². The van der Waals surface area contributed by atoms with Gasteiger partial charge < -0.3 is 37.3 Å². The predicted molar refractivity (Wildman–Crippen MR) is 452 cm³/mol. The summed E-state index contributed by atoms with van der Waals surface area (Å²) in [4.78, 5) is 0. The van der Waals surface area contributed by atoms with E-state index in [9.17, 15) is 0 Å². The quantitative estimate of drug-likeness (QED) is 0.0881. The molecule has 112 heavy (non-hydrogen) atoms. The first-order valence-corrected chi connectivity index (χ1v) is 38.5. The van der Waals surface area contributed by atoms with Crippen LogP contribution in [0.15, 0.2) is 239 Å². The molecule has 12 nitrogen and oxygen atoms in total. The maximum absolute atomic E-state index is 8.31. The van der Waals surface area contributed by atoms with Gasteiger partial charge in [-0.05, 0) is 92.4 Å². The lowest BCUT2D eigenvalue weighted by Crippen LogP contribution is -2.33. The summed E-state index contributed by atoms with van der Waals surface area (Å²) in [6, 6.07) is 82.6. The summed E-state index contributed by atoms with van der Waals surface area (Å²) < 4.78 is 66.0. The second kappa shape index (κ2) is 26.1. The third kappa shape index (κ3) is 10.8. The lowest BCUT2D eigenvalue weighted by molar-refractivity contribution is -0.538. The van der Waals surface area contributed by atoms with Crippen LogP contribution in [0.25, 0.3) is 155 Å². The van der Waals surface area contributed by atoms with Gasteiger partial charge in [0.05, 0.1) is 64.6 Å². The largest absolute Gasteiger partial charge is 0.496 e. The van der Waals surface area contributed by atoms with Crippen LogP contribution in [0, 0.1) is 10.4 Å². The third-order valence-electron chi connectivity index (χ3n) is 23.1. The Morgan fingerprint density at radius 1 is 0.214 bits per heavy atom. The van der Waals surface area contributed by atoms with Crippen LogP contribution in [0.4, 0.5) is 0 Å². The minimum atomic E-state index is -0.103. The van der Waals surface area contributed by atoms with Crippen molar-refractivity contribution in [2.75, 3.05) is 42.7 Å². The summed E-state index contributed by atoms with van der Waals surface area (Å²) in [6.45, 7) is 27.0. The first-order chi connectivity index (χ1) is 53.9. The number of aromatic nitrogens is 4. The van der Waals surface area contributed by atoms with Gasteiger partial charge in [0, 0.05) is 107 Å². The van der Waals surface area contributed by atoms with Gasteiger partial charge in [-0.2, -0.15) is 18.3 Å². The molecule has 6 aromatic heterocycles. The molecule has 0 radical (unpaired) electrons. The Labute approximate surface area is 651 Å². The van der Waals surface area contributed by atoms with Crippen LogP contribution in [-0.4, -0.2) is 42.7 Å². The molecule has 0 saturated heterocycles. The zero-order valence-corrected chi connectivity index (χ0v) is 67.0. The SMILES string of the molecule is COc1cccc2c1c(-c1oc3/c(=c4\ccc5c6c4oc(-c4c7c(OC)cccc7[n+](-c7ccc(C(C)(C)C)cc7)c7cccc(OC)c47)c6c4c(OC)cccc4[n+]5-c4ccc(C(C)(C)C)cc4)ccc4c3c1c1c(OC)cccc1[n+]4-c1ccc(C(C)(C)C)cc1)c1c(OC)cccc1[n+]2-c1ccc(C(C)(C)C)cc1. The highest BCUT2D eigenvalue weighted by molar-refractivity contribution is 6.29. The summed E-state index contributed by atoms with van der Waals surface area (Å²) in [7, 11) is 10.5. The zero-order valence-electron chi connectivity index (χ0n) is 67.0. The van der Waals surface area contributed by atoms with Crippen molar-refractivity contribution in [3.63, 3.8) is 0 Å². The first-order valence-electron chi connectivity index (χ1n) is 38.5. The fourth-order valence-corrected chi connectivity index (χ4v) is 17.5. The maximum atomic E-state index is 8.31. The molecule has 0 bridgehead atoms. The molecule has 18 aromatic rings. The predicted octanol–water partition coefficient (Wildman–Crippen LogP) is 22.8. The van der Waals surface area contributed by atoms with Crippen LogP contribution in [0.2, 0.25) is 0 Å². The molecule has 0 aliphatic carbocycles. The zero-order chi connectivity index (χ0) is 77.9. The van der Waals surface area contributed by atoms with Crippen molar-refractivity contribution in [3.8, 4) is 79.9 Å². The molecule has 0 spiro atoms. The number of benzene rings is 12. The van der Waals surface area contributed by atoms with Gasteiger partial charge in [0.15, 0.2) is 0 Å². The van der Waals surface area contributed by atoms with Crippen LogP contribution in [-0.2, 0) is 21.7 Å². The number of hydrogen-bond donors (Lipinski definition) is 0. The number of rotatable bonds is 12. The average Bonchev–Trinajstić information content (AvgIpc) is 1.50. The number of nitrogens with zero attached hydrogens (tertiary/aromatic N) is 4. The van der Waals surface area contributed by atoms with Crippen LogP contribution in [0.3, 0.4) is 0 Å². The fourth-order valence-electron chi connectivity index (χ4n) is 17.5. The Hall–Kier alpha value is -12.5. The number of furan rings is 2. The summed E-state index contributed by atoms with van der Waals surface area (Å²) in [6.07, 6.45) is 0. The summed E-state index contributed by atoms with van der Waals surface area (Å²) in [5.74, 6) is 5.13. The van der Waals surface area contributed by atoms with Crippen molar-refractivity contribution in [1.82, 2.24) is 0 Å². The van der Waals surface area contributed by atoms with Crippen LogP contribution >= 0.6 is 0 Å². The van der Waals surface area contributed by atoms with Gasteiger partial charge in [0.25, 0.3) is 0 Å². The molecular weight excluding hydrogens is 1390 g/mol. The molecule has 0 N–H and O–H groups in total. The number of methoxy groups -OCH3 is 6. The summed E-state index contributed by atoms with van der Waals surface area (Å²) in [5, 5.41) is 9.98. The van der Waals surface area contributed by atoms with Crippen LogP contribution in [0.1, 0.15) is 105 Å². The van der Waals surface area contributed by atoms with Gasteiger partial charge in [-0.25, -0.2) is 0 Å². The van der Waals surface area contributed by atoms with Crippen molar-refractivity contribution in [2.45, 2.75) is 105 Å². The minimum absolute atomic E-state index is 0.0757. The average molecular weight is 1480 g/mol. The lowest BCUT2D eigenvalue weighted by Gasteiger charge is -2.19. The molecule has 0 saturated carbocycles. The molecule has 18 rings (SSSR count). The van der Waals surface area contributed by atoms with E-state index in [0.29, 0.717) is 57.2 Å². The van der Waals surface area contributed by atoms with Crippen LogP contribution < -0.4 is 46.7 Å². The Morgan fingerprint density at radius 2 is 0.420 bits per heavy atom. The van der Waals surface area contributed by atoms with Crippen molar-refractivity contribution in [1.29, 1.82) is 0 Å². The molecule has 0 aliphatic rings. The van der Waals surface area contributed by atoms with E-state index >= 15 is 0 Å². The third-order valence-corrected chi connectivity index (χ3v) is 23.1. The van der Waals surface area contributed by atoms with Gasteiger partial charge in [-0.3, -0.25) is 0 Å². The molecule has 0 aliphatic heterocycles. The highest BCUT2D eigenvalue weighted by atomic mass is 16.5. The number of ether oxygens (including phenoxy) is 6. The molecule has 12 aromatic carbocycles. The Morgan fingerprint density at radius 3 is 0.634 bits per heavy atom. The van der Waals surface area contributed by atoms with Gasteiger partial charge in [0.2, 0.25) is 66.9 Å². The van der Waals surface area contributed by atoms with Gasteiger partial charge in [0.1, 0.15) is 100 Å². The standard InChI is InChI=1S/C100H92N4O8/c1-97(2,3)57-37-45-61(46-38-57)101-67-25-19-31-75(105-13)81(67)89(82-68(101)26-20-32-76(82)106-14)95-91-85-71(29-23-35-79(85)109-17)103(63-49-41-59(42-50-63)99(7,8)9)73-55-53-65(93(111-95)87(73)91)66-54-56-74-88-92(86-72(30-24-36-80(86)110-18)104(74)64-51-43-60(44-52-64)100(10,11)12)96(112-94(66)88)90-83-69(27-21-33-77(83)107-15)102(70-28-22-34-78(108-16)84(70)90)62-47-39-58(40-48-62)98(4,5)6/h19-56H,1-18H3/q+4/b66-65+. The van der Waals surface area contributed by atoms with E-state index in [1.807, 2.05) is 24.3 Å². The van der Waals surface area contributed by atoms with Gasteiger partial charge >= 0.3 is 0 Å². The Bertz CT molecular complexity index is 6460. The van der Waals surface area contributed by atoms with Crippen LogP contribution in [0.5, 0.6) is 34.5 Å². The van der Waals surface area contributed by atoms with Crippen molar-refractivity contribution < 1.29 is 55.5 Å². The van der Waals surface area contributed by atoms with E-state index in [2.05, 4.69) is 308 Å². The van der Waals surface area contributed by atoms with E-state index in [-0.39, 0.29) is 21.7 Å². The molecule has 12 heteroatoms. The van der Waals surface area contributed by atoms with Gasteiger partial charge in [-0.1, -0.05) is 168 Å². The minimum Gasteiger partial charge on any atom is -0.496 e. The number of pyridine rings is 4. The summed E-state index contributed by atoms with van der Waals surface area (Å²) in [5.41, 5.74) is 18.5. The molecule has 0 fully saturated rings. The molecule has 0 amide bonds. The highest BCUT2D eigenvalue weighted by Gasteiger charge is 2.40. The summed E-state index contributed by atoms with van der Waals surface area (Å²) >= 11 is 0. The maximum Gasteiger partial charge on any atom is 0.223 e. The first kappa shape index (κ1) is 71.1. The number of hydrogen-bond acceptors (Lipinski definition) is 8. The van der Waals surface area contributed by atoms with Crippen molar-refractivity contribution in [3.05, 3.63) is 263 Å². The number of fused-ring (bicyclic) bond motifs is 8. The second-order valence-electron chi connectivity index (χ2n) is 33.7. The van der Waals surface area contributed by atoms with E-state index in [1.54, 1.807) is 42.7 Å². The molecule has 556 valence electrons. The van der Waals surface area contributed by atoms with E-state index in [0.717, 1.165) is 142 Å². The molecular formula is C100H92N4O8+4. The topological polar surface area (TPSA) is 97.2 Å². The Kier molecular flexibility index (Phi) is 16.5. The molecule has 0 unspecified atom stereocenters. The van der Waals surface area contributed by atoms with Crippen molar-refractivity contribution in [2.24, 2.45) is 0 Å². The van der Waals surface area contributed by atoms with E-state index < -0.39 is 0 Å². The second-order valence-corrected chi connectivity index (χ2v) is 33.7. The van der Waals surface area contributed by atoms with E-state index in [4.69, 9.17) is 37.3 Å². The Balaban J connectivity index is 1.09. The molecule has 0 atom stereocenters. The smallest absolute Gasteiger partial charge is 0.223 e. The highest BCUT2D eigenvalue weighted by Crippen LogP contribution is 2.54.